The average Bonchev–Trinajstić information content (AvgIpc) is 2.64. The largest absolute Gasteiger partial charge is 0.444 e. The second-order valence-corrected chi connectivity index (χ2v) is 5.10. The van der Waals surface area contributed by atoms with E-state index >= 15 is 0 Å². The number of hydrogen-bond donors (Lipinski definition) is 2. The van der Waals surface area contributed by atoms with Crippen molar-refractivity contribution >= 4 is 6.09 Å². The first-order chi connectivity index (χ1) is 6.23. The molecule has 1 unspecified atom stereocenters. The molecule has 0 saturated heterocycles. The first kappa shape index (κ1) is 11.3. The average molecular weight is 200 g/mol. The molecule has 4 nitrogen and oxygen atoms in total. The smallest absolute Gasteiger partial charge is 0.407 e. The lowest BCUT2D eigenvalue weighted by atomic mass is 10.1. The fourth-order valence-corrected chi connectivity index (χ4v) is 1.21. The van der Waals surface area contributed by atoms with Crippen molar-refractivity contribution < 1.29 is 9.53 Å². The van der Waals surface area contributed by atoms with Crippen molar-refractivity contribution in [1.82, 2.24) is 5.32 Å². The van der Waals surface area contributed by atoms with Gasteiger partial charge in [0, 0.05) is 11.6 Å². The van der Waals surface area contributed by atoms with Crippen LogP contribution in [0.1, 0.15) is 40.5 Å². The summed E-state index contributed by atoms with van der Waals surface area (Å²) in [5, 5.41) is 2.75. The van der Waals surface area contributed by atoms with Crippen molar-refractivity contribution in [3.8, 4) is 0 Å². The monoisotopic (exact) mass is 200 g/mol. The summed E-state index contributed by atoms with van der Waals surface area (Å²) in [6, 6.07) is -0.0163. The van der Waals surface area contributed by atoms with Crippen LogP contribution in [0.15, 0.2) is 0 Å². The Bertz CT molecular complexity index is 229. The van der Waals surface area contributed by atoms with Crippen molar-refractivity contribution in [1.29, 1.82) is 0 Å². The van der Waals surface area contributed by atoms with Gasteiger partial charge >= 0.3 is 6.09 Å². The van der Waals surface area contributed by atoms with Crippen molar-refractivity contribution in [3.63, 3.8) is 0 Å². The number of hydrogen-bond acceptors (Lipinski definition) is 3. The maximum atomic E-state index is 11.4. The van der Waals surface area contributed by atoms with Gasteiger partial charge in [0.05, 0.1) is 0 Å². The number of alkyl carbamates (subject to hydrolysis) is 1. The van der Waals surface area contributed by atoms with Gasteiger partial charge in [-0.25, -0.2) is 4.79 Å². The van der Waals surface area contributed by atoms with E-state index in [9.17, 15) is 4.79 Å². The van der Waals surface area contributed by atoms with E-state index in [-0.39, 0.29) is 17.7 Å². The highest BCUT2D eigenvalue weighted by atomic mass is 16.6. The summed E-state index contributed by atoms with van der Waals surface area (Å²) < 4.78 is 5.13. The summed E-state index contributed by atoms with van der Waals surface area (Å²) in [5.74, 6) is 0. The first-order valence-corrected chi connectivity index (χ1v) is 5.01. The summed E-state index contributed by atoms with van der Waals surface area (Å²) in [4.78, 5) is 11.4. The molecule has 0 aliphatic heterocycles. The lowest BCUT2D eigenvalue weighted by Gasteiger charge is -2.24. The van der Waals surface area contributed by atoms with Crippen LogP contribution in [0.2, 0.25) is 0 Å². The van der Waals surface area contributed by atoms with Crippen LogP contribution in [0.3, 0.4) is 0 Å². The Hall–Kier alpha value is -0.770. The van der Waals surface area contributed by atoms with Crippen LogP contribution in [0.25, 0.3) is 0 Å². The Labute approximate surface area is 85.2 Å². The van der Waals surface area contributed by atoms with Crippen LogP contribution in [0.4, 0.5) is 4.79 Å². The van der Waals surface area contributed by atoms with Gasteiger partial charge < -0.3 is 15.8 Å². The first-order valence-electron chi connectivity index (χ1n) is 5.01. The lowest BCUT2D eigenvalue weighted by molar-refractivity contribution is 0.0498. The Balaban J connectivity index is 2.34. The molecule has 1 saturated carbocycles. The highest BCUT2D eigenvalue weighted by molar-refractivity contribution is 5.68. The van der Waals surface area contributed by atoms with E-state index in [0.717, 1.165) is 12.8 Å². The highest BCUT2D eigenvalue weighted by Gasteiger charge is 2.44. The third-order valence-electron chi connectivity index (χ3n) is 2.42. The van der Waals surface area contributed by atoms with Gasteiger partial charge in [-0.15, -0.1) is 0 Å². The summed E-state index contributed by atoms with van der Waals surface area (Å²) in [5.41, 5.74) is 5.29. The maximum absolute atomic E-state index is 11.4. The molecule has 1 atom stereocenters. The standard InChI is InChI=1S/C10H20N2O2/c1-7(10(11)5-6-10)12-8(13)14-9(2,3)4/h7H,5-6,11H2,1-4H3,(H,12,13). The molecule has 1 rings (SSSR count). The van der Waals surface area contributed by atoms with E-state index in [1.807, 2.05) is 27.7 Å². The normalized spacial score (nSPS) is 21.2. The van der Waals surface area contributed by atoms with Crippen molar-refractivity contribution in [3.05, 3.63) is 0 Å². The van der Waals surface area contributed by atoms with Crippen molar-refractivity contribution in [2.45, 2.75) is 57.7 Å². The molecule has 0 spiro atoms. The van der Waals surface area contributed by atoms with Crippen LogP contribution >= 0.6 is 0 Å². The van der Waals surface area contributed by atoms with Crippen LogP contribution in [-0.2, 0) is 4.74 Å². The number of rotatable bonds is 2. The molecule has 1 fully saturated rings. The fraction of sp³-hybridized carbons (Fsp3) is 0.900. The Morgan fingerprint density at radius 3 is 2.36 bits per heavy atom. The van der Waals surface area contributed by atoms with Crippen molar-refractivity contribution in [2.75, 3.05) is 0 Å². The summed E-state index contributed by atoms with van der Waals surface area (Å²) in [7, 11) is 0. The molecule has 0 bridgehead atoms. The molecular weight excluding hydrogens is 180 g/mol. The summed E-state index contributed by atoms with van der Waals surface area (Å²) >= 11 is 0. The van der Waals surface area contributed by atoms with E-state index < -0.39 is 5.60 Å². The summed E-state index contributed by atoms with van der Waals surface area (Å²) in [6.45, 7) is 7.43. The van der Waals surface area contributed by atoms with Crippen LogP contribution < -0.4 is 11.1 Å². The Morgan fingerprint density at radius 1 is 1.50 bits per heavy atom. The minimum Gasteiger partial charge on any atom is -0.444 e. The second-order valence-electron chi connectivity index (χ2n) is 5.10. The molecule has 0 aromatic rings. The molecule has 0 heterocycles. The predicted octanol–water partition coefficient (Wildman–Crippen LogP) is 1.39. The van der Waals surface area contributed by atoms with Gasteiger partial charge in [-0.3, -0.25) is 0 Å². The van der Waals surface area contributed by atoms with E-state index in [1.54, 1.807) is 0 Å². The minimum absolute atomic E-state index is 0.0163. The van der Waals surface area contributed by atoms with Gasteiger partial charge in [-0.2, -0.15) is 0 Å². The SMILES string of the molecule is CC(NC(=O)OC(C)(C)C)C1(N)CC1. The van der Waals surface area contributed by atoms with E-state index in [4.69, 9.17) is 10.5 Å². The predicted molar refractivity (Wildman–Crippen MR) is 55.0 cm³/mol. The van der Waals surface area contributed by atoms with E-state index in [0.29, 0.717) is 0 Å². The van der Waals surface area contributed by atoms with Gasteiger partial charge in [0.25, 0.3) is 0 Å². The Morgan fingerprint density at radius 2 is 2.00 bits per heavy atom. The van der Waals surface area contributed by atoms with E-state index in [1.165, 1.54) is 0 Å². The number of nitrogens with two attached hydrogens (primary N) is 1. The lowest BCUT2D eigenvalue weighted by Crippen LogP contribution is -2.48. The highest BCUT2D eigenvalue weighted by Crippen LogP contribution is 2.35. The molecule has 1 amide bonds. The van der Waals surface area contributed by atoms with E-state index in [2.05, 4.69) is 5.32 Å². The molecule has 1 aliphatic carbocycles. The zero-order valence-electron chi connectivity index (χ0n) is 9.39. The number of carbonyl (C=O) groups excluding carboxylic acids is 1. The van der Waals surface area contributed by atoms with Gasteiger partial charge in [-0.05, 0) is 40.5 Å². The quantitative estimate of drug-likeness (QED) is 0.708. The van der Waals surface area contributed by atoms with Crippen molar-refractivity contribution in [2.24, 2.45) is 5.73 Å². The van der Waals surface area contributed by atoms with Crippen LogP contribution in [-0.4, -0.2) is 23.3 Å². The van der Waals surface area contributed by atoms with Crippen LogP contribution in [0.5, 0.6) is 0 Å². The van der Waals surface area contributed by atoms with Gasteiger partial charge in [0.15, 0.2) is 0 Å². The molecule has 1 aliphatic rings. The molecule has 3 N–H and O–H groups in total. The zero-order chi connectivity index (χ0) is 11.0. The molecular formula is C10H20N2O2. The second kappa shape index (κ2) is 3.42. The van der Waals surface area contributed by atoms with Gasteiger partial charge in [0.2, 0.25) is 0 Å². The zero-order valence-corrected chi connectivity index (χ0v) is 9.39. The third kappa shape index (κ3) is 3.18. The molecule has 4 heteroatoms. The summed E-state index contributed by atoms with van der Waals surface area (Å²) in [6.07, 6.45) is 1.57. The van der Waals surface area contributed by atoms with Crippen LogP contribution in [0, 0.1) is 0 Å². The number of ether oxygens (including phenoxy) is 1. The molecule has 14 heavy (non-hydrogen) atoms. The van der Waals surface area contributed by atoms with Gasteiger partial charge in [0.1, 0.15) is 5.60 Å². The molecule has 0 aromatic heterocycles. The van der Waals surface area contributed by atoms with Gasteiger partial charge in [-0.1, -0.05) is 0 Å². The third-order valence-corrected chi connectivity index (χ3v) is 2.42. The maximum Gasteiger partial charge on any atom is 0.407 e. The number of amides is 1. The Kier molecular flexibility index (Phi) is 2.76. The minimum atomic E-state index is -0.449. The number of nitrogens with one attached hydrogen (secondary N) is 1. The topological polar surface area (TPSA) is 64.3 Å². The molecule has 0 aromatic carbocycles. The fourth-order valence-electron chi connectivity index (χ4n) is 1.21. The number of carbonyl (C=O) groups is 1. The molecule has 82 valence electrons. The molecule has 0 radical (unpaired) electrons.